The standard InChI is InChI=1S/C22H32N2O4S/c1-13(22-8-14-5-15(9-22)7-16(6-14)10-22)23-18(25)11-28-20(27)17-12-29-21(2)4-3-19(26)24(17)21/h13-17H,3-12H2,1-2H3,(H,23,25)/t13-,14?,15?,16?,17+,21-,22?/m0/s1. The van der Waals surface area contributed by atoms with Crippen LogP contribution in [0.4, 0.5) is 0 Å². The second-order valence-electron chi connectivity index (χ2n) is 10.4. The summed E-state index contributed by atoms with van der Waals surface area (Å²) >= 11 is 1.64. The van der Waals surface area contributed by atoms with E-state index in [1.165, 1.54) is 38.5 Å². The highest BCUT2D eigenvalue weighted by molar-refractivity contribution is 8.01. The molecule has 2 saturated heterocycles. The SMILES string of the molecule is C[C@H](NC(=O)COC(=O)[C@H]1CS[C@@]2(C)CCC(=O)N12)C12CC3CC(CC(C3)C1)C2. The molecule has 3 atom stereocenters. The van der Waals surface area contributed by atoms with Crippen LogP contribution >= 0.6 is 11.8 Å². The molecule has 7 heteroatoms. The number of carbonyl (C=O) groups excluding carboxylic acids is 3. The van der Waals surface area contributed by atoms with E-state index in [4.69, 9.17) is 4.74 Å². The molecule has 6 fully saturated rings. The van der Waals surface area contributed by atoms with Gasteiger partial charge in [0.25, 0.3) is 5.91 Å². The fourth-order valence-corrected chi connectivity index (χ4v) is 8.79. The summed E-state index contributed by atoms with van der Waals surface area (Å²) in [6.07, 6.45) is 9.08. The van der Waals surface area contributed by atoms with Crippen LogP contribution in [0.3, 0.4) is 0 Å². The van der Waals surface area contributed by atoms with Gasteiger partial charge >= 0.3 is 5.97 Å². The minimum absolute atomic E-state index is 0.0133. The third-order valence-electron chi connectivity index (χ3n) is 8.44. The molecule has 4 aliphatic carbocycles. The van der Waals surface area contributed by atoms with Crippen molar-refractivity contribution in [3.63, 3.8) is 0 Å². The smallest absolute Gasteiger partial charge is 0.330 e. The van der Waals surface area contributed by atoms with E-state index < -0.39 is 12.0 Å². The third-order valence-corrected chi connectivity index (χ3v) is 9.95. The van der Waals surface area contributed by atoms with E-state index in [-0.39, 0.29) is 34.7 Å². The van der Waals surface area contributed by atoms with Crippen molar-refractivity contribution in [2.24, 2.45) is 23.2 Å². The lowest BCUT2D eigenvalue weighted by Crippen LogP contribution is -2.56. The van der Waals surface area contributed by atoms with Crippen molar-refractivity contribution in [3.8, 4) is 0 Å². The zero-order valence-electron chi connectivity index (χ0n) is 17.4. The van der Waals surface area contributed by atoms with Crippen molar-refractivity contribution < 1.29 is 19.1 Å². The summed E-state index contributed by atoms with van der Waals surface area (Å²) in [4.78, 5) is 38.7. The van der Waals surface area contributed by atoms with E-state index in [9.17, 15) is 14.4 Å². The number of nitrogens with zero attached hydrogens (tertiary/aromatic N) is 1. The van der Waals surface area contributed by atoms with Crippen molar-refractivity contribution in [1.29, 1.82) is 0 Å². The third kappa shape index (κ3) is 3.28. The molecule has 4 saturated carbocycles. The predicted molar refractivity (Wildman–Crippen MR) is 110 cm³/mol. The molecule has 6 rings (SSSR count). The highest BCUT2D eigenvalue weighted by Crippen LogP contribution is 2.61. The summed E-state index contributed by atoms with van der Waals surface area (Å²) in [6.45, 7) is 3.89. The minimum Gasteiger partial charge on any atom is -0.454 e. The normalized spacial score (nSPS) is 43.4. The van der Waals surface area contributed by atoms with Crippen LogP contribution in [0.15, 0.2) is 0 Å². The Labute approximate surface area is 176 Å². The molecule has 2 amide bonds. The fraction of sp³-hybridized carbons (Fsp3) is 0.864. The number of esters is 1. The van der Waals surface area contributed by atoms with Gasteiger partial charge in [-0.3, -0.25) is 9.59 Å². The summed E-state index contributed by atoms with van der Waals surface area (Å²) < 4.78 is 5.35. The van der Waals surface area contributed by atoms with Crippen LogP contribution in [0.25, 0.3) is 0 Å². The highest BCUT2D eigenvalue weighted by Gasteiger charge is 2.54. The molecule has 0 spiro atoms. The lowest BCUT2D eigenvalue weighted by Gasteiger charge is -2.59. The topological polar surface area (TPSA) is 75.7 Å². The molecule has 4 bridgehead atoms. The maximum Gasteiger partial charge on any atom is 0.330 e. The molecular formula is C22H32N2O4S. The van der Waals surface area contributed by atoms with Crippen LogP contribution in [0.5, 0.6) is 0 Å². The number of amides is 2. The van der Waals surface area contributed by atoms with E-state index in [0.717, 1.165) is 24.2 Å². The Morgan fingerprint density at radius 1 is 1.21 bits per heavy atom. The quantitative estimate of drug-likeness (QED) is 0.692. The monoisotopic (exact) mass is 420 g/mol. The lowest BCUT2D eigenvalue weighted by molar-refractivity contribution is -0.156. The largest absolute Gasteiger partial charge is 0.454 e. The van der Waals surface area contributed by atoms with Crippen LogP contribution in [0.2, 0.25) is 0 Å². The average Bonchev–Trinajstić information content (AvgIpc) is 3.14. The van der Waals surface area contributed by atoms with Gasteiger partial charge in [-0.1, -0.05) is 0 Å². The first-order chi connectivity index (χ1) is 13.8. The molecule has 0 aromatic rings. The molecule has 2 heterocycles. The highest BCUT2D eigenvalue weighted by atomic mass is 32.2. The van der Waals surface area contributed by atoms with Crippen molar-refractivity contribution in [2.45, 2.75) is 82.2 Å². The number of ether oxygens (including phenoxy) is 1. The maximum absolute atomic E-state index is 12.6. The molecule has 2 aliphatic heterocycles. The molecule has 0 radical (unpaired) electrons. The van der Waals surface area contributed by atoms with Gasteiger partial charge in [0, 0.05) is 18.2 Å². The summed E-state index contributed by atoms with van der Waals surface area (Å²) in [5.41, 5.74) is 0.236. The Hall–Kier alpha value is -1.24. The number of fused-ring (bicyclic) bond motifs is 1. The lowest BCUT2D eigenvalue weighted by atomic mass is 9.48. The Morgan fingerprint density at radius 2 is 1.83 bits per heavy atom. The van der Waals surface area contributed by atoms with Gasteiger partial charge in [0.2, 0.25) is 5.91 Å². The summed E-state index contributed by atoms with van der Waals surface area (Å²) in [7, 11) is 0. The van der Waals surface area contributed by atoms with Gasteiger partial charge in [0.15, 0.2) is 6.61 Å². The zero-order valence-corrected chi connectivity index (χ0v) is 18.3. The Morgan fingerprint density at radius 3 is 2.45 bits per heavy atom. The van der Waals surface area contributed by atoms with Crippen molar-refractivity contribution in [2.75, 3.05) is 12.4 Å². The fourth-order valence-electron chi connectivity index (χ4n) is 7.37. The number of hydrogen-bond acceptors (Lipinski definition) is 5. The van der Waals surface area contributed by atoms with E-state index >= 15 is 0 Å². The summed E-state index contributed by atoms with van der Waals surface area (Å²) in [5.74, 6) is 2.41. The van der Waals surface area contributed by atoms with Gasteiger partial charge in [-0.2, -0.15) is 0 Å². The van der Waals surface area contributed by atoms with Crippen molar-refractivity contribution in [3.05, 3.63) is 0 Å². The van der Waals surface area contributed by atoms with Crippen molar-refractivity contribution >= 4 is 29.5 Å². The second-order valence-corrected chi connectivity index (χ2v) is 11.9. The minimum atomic E-state index is -0.562. The van der Waals surface area contributed by atoms with E-state index in [1.54, 1.807) is 16.7 Å². The van der Waals surface area contributed by atoms with Crippen molar-refractivity contribution in [1.82, 2.24) is 10.2 Å². The Bertz CT molecular complexity index is 705. The van der Waals surface area contributed by atoms with Crippen LogP contribution in [0, 0.1) is 23.2 Å². The van der Waals surface area contributed by atoms with Gasteiger partial charge < -0.3 is 15.0 Å². The van der Waals surface area contributed by atoms with Crippen LogP contribution in [-0.2, 0) is 19.1 Å². The van der Waals surface area contributed by atoms with Crippen LogP contribution in [0.1, 0.15) is 65.2 Å². The first-order valence-corrected chi connectivity index (χ1v) is 12.2. The summed E-state index contributed by atoms with van der Waals surface area (Å²) in [5, 5.41) is 3.14. The van der Waals surface area contributed by atoms with Crippen LogP contribution in [-0.4, -0.2) is 52.0 Å². The zero-order chi connectivity index (χ0) is 20.4. The summed E-state index contributed by atoms with van der Waals surface area (Å²) in [6, 6.07) is -0.444. The number of nitrogens with one attached hydrogen (secondary N) is 1. The Balaban J connectivity index is 1.15. The molecule has 0 unspecified atom stereocenters. The molecule has 0 aromatic heterocycles. The molecule has 29 heavy (non-hydrogen) atoms. The number of hydrogen-bond donors (Lipinski definition) is 1. The van der Waals surface area contributed by atoms with E-state index in [1.807, 2.05) is 6.92 Å². The van der Waals surface area contributed by atoms with Gasteiger partial charge in [0.1, 0.15) is 6.04 Å². The molecule has 160 valence electrons. The predicted octanol–water partition coefficient (Wildman–Crippen LogP) is 2.70. The van der Waals surface area contributed by atoms with Gasteiger partial charge in [0.05, 0.1) is 4.87 Å². The first-order valence-electron chi connectivity index (χ1n) is 11.2. The average molecular weight is 421 g/mol. The molecule has 6 aliphatic rings. The number of carbonyl (C=O) groups is 3. The van der Waals surface area contributed by atoms with Gasteiger partial charge in [-0.05, 0) is 82.0 Å². The second kappa shape index (κ2) is 6.89. The number of thioether (sulfide) groups is 1. The number of rotatable bonds is 5. The molecule has 1 N–H and O–H groups in total. The Kier molecular flexibility index (Phi) is 4.68. The van der Waals surface area contributed by atoms with E-state index in [2.05, 4.69) is 12.2 Å². The molecule has 6 nitrogen and oxygen atoms in total. The molecule has 0 aromatic carbocycles. The van der Waals surface area contributed by atoms with E-state index in [0.29, 0.717) is 12.2 Å². The van der Waals surface area contributed by atoms with Gasteiger partial charge in [-0.15, -0.1) is 11.8 Å². The first kappa shape index (κ1) is 19.7. The maximum atomic E-state index is 12.6. The molecular weight excluding hydrogens is 388 g/mol. The van der Waals surface area contributed by atoms with Crippen LogP contribution < -0.4 is 5.32 Å². The van der Waals surface area contributed by atoms with Gasteiger partial charge in [-0.25, -0.2) is 4.79 Å².